The molecule has 0 aromatic heterocycles. The normalized spacial score (nSPS) is 16.0. The standard InChI is InChI=1S/C18H25N3O4.2ClH/c1-24-18(23)15-10-14(21-6-8-25-9-7-21)4-5-16(15)20-17(22)12-19-11-13-2-3-13;;/h4-5,10,13,19H,2-3,6-9,11-12H2,1H3,(H,20,22);2*1H. The highest BCUT2D eigenvalue weighted by molar-refractivity contribution is 6.02. The average molecular weight is 420 g/mol. The highest BCUT2D eigenvalue weighted by Gasteiger charge is 2.21. The van der Waals surface area contributed by atoms with Crippen molar-refractivity contribution >= 4 is 48.1 Å². The molecule has 9 heteroatoms. The Kier molecular flexibility index (Phi) is 9.87. The van der Waals surface area contributed by atoms with Crippen molar-refractivity contribution in [2.75, 3.05) is 56.7 Å². The van der Waals surface area contributed by atoms with Gasteiger partial charge in [-0.1, -0.05) is 0 Å². The van der Waals surface area contributed by atoms with E-state index in [1.165, 1.54) is 20.0 Å². The summed E-state index contributed by atoms with van der Waals surface area (Å²) in [5.74, 6) is 0.0903. The maximum Gasteiger partial charge on any atom is 0.340 e. The molecule has 27 heavy (non-hydrogen) atoms. The second kappa shape index (κ2) is 11.3. The Hall–Kier alpha value is -1.54. The van der Waals surface area contributed by atoms with Gasteiger partial charge >= 0.3 is 5.97 Å². The number of morpholine rings is 1. The molecule has 1 aromatic rings. The minimum absolute atomic E-state index is 0. The zero-order valence-corrected chi connectivity index (χ0v) is 17.0. The first-order valence-electron chi connectivity index (χ1n) is 8.73. The Balaban J connectivity index is 0.00000182. The zero-order valence-electron chi connectivity index (χ0n) is 15.4. The summed E-state index contributed by atoms with van der Waals surface area (Å²) in [5, 5.41) is 5.95. The number of carbonyl (C=O) groups is 2. The van der Waals surface area contributed by atoms with Crippen LogP contribution in [0.3, 0.4) is 0 Å². The summed E-state index contributed by atoms with van der Waals surface area (Å²) in [5.41, 5.74) is 1.76. The quantitative estimate of drug-likeness (QED) is 0.658. The number of carbonyl (C=O) groups excluding carboxylic acids is 2. The molecule has 0 bridgehead atoms. The molecule has 1 saturated carbocycles. The second-order valence-corrected chi connectivity index (χ2v) is 6.44. The van der Waals surface area contributed by atoms with Crippen molar-refractivity contribution in [3.63, 3.8) is 0 Å². The smallest absolute Gasteiger partial charge is 0.340 e. The van der Waals surface area contributed by atoms with Gasteiger partial charge in [0.15, 0.2) is 0 Å². The summed E-state index contributed by atoms with van der Waals surface area (Å²) < 4.78 is 10.2. The number of hydrogen-bond acceptors (Lipinski definition) is 6. The van der Waals surface area contributed by atoms with Crippen LogP contribution in [0, 0.1) is 5.92 Å². The van der Waals surface area contributed by atoms with Crippen molar-refractivity contribution in [1.29, 1.82) is 0 Å². The minimum atomic E-state index is -0.462. The maximum absolute atomic E-state index is 12.1. The highest BCUT2D eigenvalue weighted by atomic mass is 35.5. The largest absolute Gasteiger partial charge is 0.465 e. The lowest BCUT2D eigenvalue weighted by molar-refractivity contribution is -0.115. The van der Waals surface area contributed by atoms with Crippen LogP contribution < -0.4 is 15.5 Å². The van der Waals surface area contributed by atoms with Crippen molar-refractivity contribution in [2.24, 2.45) is 5.92 Å². The number of nitrogens with zero attached hydrogens (tertiary/aromatic N) is 1. The van der Waals surface area contributed by atoms with Crippen molar-refractivity contribution in [3.05, 3.63) is 23.8 Å². The Morgan fingerprint density at radius 1 is 1.22 bits per heavy atom. The van der Waals surface area contributed by atoms with Gasteiger partial charge in [-0.2, -0.15) is 0 Å². The molecule has 0 atom stereocenters. The van der Waals surface area contributed by atoms with Gasteiger partial charge in [0.05, 0.1) is 38.1 Å². The van der Waals surface area contributed by atoms with Crippen molar-refractivity contribution in [1.82, 2.24) is 5.32 Å². The molecule has 0 unspecified atom stereocenters. The van der Waals surface area contributed by atoms with Crippen molar-refractivity contribution < 1.29 is 19.1 Å². The molecule has 1 aromatic carbocycles. The summed E-state index contributed by atoms with van der Waals surface area (Å²) in [4.78, 5) is 26.4. The fourth-order valence-corrected chi connectivity index (χ4v) is 2.84. The summed E-state index contributed by atoms with van der Waals surface area (Å²) in [6, 6.07) is 5.44. The molecule has 1 heterocycles. The molecule has 0 radical (unpaired) electrons. The first kappa shape index (κ1) is 23.5. The van der Waals surface area contributed by atoms with Crippen LogP contribution in [-0.2, 0) is 14.3 Å². The predicted octanol–water partition coefficient (Wildman–Crippen LogP) is 2.09. The molecule has 1 amide bonds. The molecule has 1 aliphatic carbocycles. The van der Waals surface area contributed by atoms with E-state index in [0.717, 1.165) is 25.3 Å². The Morgan fingerprint density at radius 3 is 2.56 bits per heavy atom. The molecule has 0 spiro atoms. The summed E-state index contributed by atoms with van der Waals surface area (Å²) in [6.07, 6.45) is 2.48. The van der Waals surface area contributed by atoms with Gasteiger partial charge in [0.2, 0.25) is 5.91 Å². The first-order chi connectivity index (χ1) is 12.2. The number of hydrogen-bond donors (Lipinski definition) is 2. The average Bonchev–Trinajstić information content (AvgIpc) is 3.46. The van der Waals surface area contributed by atoms with Crippen LogP contribution >= 0.6 is 24.8 Å². The van der Waals surface area contributed by atoms with E-state index < -0.39 is 5.97 Å². The lowest BCUT2D eigenvalue weighted by atomic mass is 10.1. The molecular weight excluding hydrogens is 393 g/mol. The van der Waals surface area contributed by atoms with Crippen LogP contribution in [0.25, 0.3) is 0 Å². The summed E-state index contributed by atoms with van der Waals surface area (Å²) in [7, 11) is 1.34. The van der Waals surface area contributed by atoms with E-state index in [4.69, 9.17) is 9.47 Å². The van der Waals surface area contributed by atoms with Gasteiger partial charge < -0.3 is 25.0 Å². The zero-order chi connectivity index (χ0) is 17.6. The monoisotopic (exact) mass is 419 g/mol. The van der Waals surface area contributed by atoms with Crippen LogP contribution in [0.5, 0.6) is 0 Å². The fourth-order valence-electron chi connectivity index (χ4n) is 2.84. The van der Waals surface area contributed by atoms with Gasteiger partial charge in [-0.05, 0) is 43.5 Å². The molecule has 7 nitrogen and oxygen atoms in total. The number of nitrogens with one attached hydrogen (secondary N) is 2. The van der Waals surface area contributed by atoms with Crippen LogP contribution in [0.4, 0.5) is 11.4 Å². The van der Waals surface area contributed by atoms with E-state index in [1.54, 1.807) is 12.1 Å². The number of rotatable bonds is 7. The maximum atomic E-state index is 12.1. The molecule has 152 valence electrons. The van der Waals surface area contributed by atoms with Gasteiger partial charge in [0, 0.05) is 18.8 Å². The van der Waals surface area contributed by atoms with E-state index in [1.807, 2.05) is 6.07 Å². The van der Waals surface area contributed by atoms with Gasteiger partial charge in [0.1, 0.15) is 0 Å². The molecule has 1 aliphatic heterocycles. The lowest BCUT2D eigenvalue weighted by Gasteiger charge is -2.29. The second-order valence-electron chi connectivity index (χ2n) is 6.44. The van der Waals surface area contributed by atoms with E-state index in [0.29, 0.717) is 30.4 Å². The minimum Gasteiger partial charge on any atom is -0.465 e. The Bertz CT molecular complexity index is 635. The molecule has 1 saturated heterocycles. The third kappa shape index (κ3) is 6.84. The van der Waals surface area contributed by atoms with Gasteiger partial charge in [-0.25, -0.2) is 4.79 Å². The number of amides is 1. The SMILES string of the molecule is COC(=O)c1cc(N2CCOCC2)ccc1NC(=O)CNCC1CC1.Cl.Cl. The third-order valence-corrected chi connectivity index (χ3v) is 4.47. The van der Waals surface area contributed by atoms with Crippen LogP contribution in [0.2, 0.25) is 0 Å². The van der Waals surface area contributed by atoms with E-state index >= 15 is 0 Å². The van der Waals surface area contributed by atoms with Gasteiger partial charge in [0.25, 0.3) is 0 Å². The molecule has 3 rings (SSSR count). The van der Waals surface area contributed by atoms with Gasteiger partial charge in [-0.3, -0.25) is 4.79 Å². The predicted molar refractivity (Wildman–Crippen MR) is 110 cm³/mol. The fraction of sp³-hybridized carbons (Fsp3) is 0.556. The number of halogens is 2. The number of anilines is 2. The molecule has 2 N–H and O–H groups in total. The summed E-state index contributed by atoms with van der Waals surface area (Å²) in [6.45, 7) is 3.99. The van der Waals surface area contributed by atoms with Crippen LogP contribution in [0.1, 0.15) is 23.2 Å². The third-order valence-electron chi connectivity index (χ3n) is 4.47. The van der Waals surface area contributed by atoms with E-state index in [-0.39, 0.29) is 37.3 Å². The lowest BCUT2D eigenvalue weighted by Crippen LogP contribution is -2.36. The highest BCUT2D eigenvalue weighted by Crippen LogP contribution is 2.27. The molecule has 2 fully saturated rings. The first-order valence-corrected chi connectivity index (χ1v) is 8.73. The summed E-state index contributed by atoms with van der Waals surface area (Å²) >= 11 is 0. The van der Waals surface area contributed by atoms with E-state index in [2.05, 4.69) is 15.5 Å². The Labute approximate surface area is 172 Å². The number of esters is 1. The number of methoxy groups -OCH3 is 1. The van der Waals surface area contributed by atoms with Crippen molar-refractivity contribution in [2.45, 2.75) is 12.8 Å². The Morgan fingerprint density at radius 2 is 1.93 bits per heavy atom. The number of benzene rings is 1. The topological polar surface area (TPSA) is 79.9 Å². The van der Waals surface area contributed by atoms with E-state index in [9.17, 15) is 9.59 Å². The van der Waals surface area contributed by atoms with Crippen molar-refractivity contribution in [3.8, 4) is 0 Å². The molecule has 2 aliphatic rings. The number of ether oxygens (including phenoxy) is 2. The van der Waals surface area contributed by atoms with Crippen LogP contribution in [0.15, 0.2) is 18.2 Å². The van der Waals surface area contributed by atoms with Crippen LogP contribution in [-0.4, -0.2) is 58.4 Å². The molecular formula is C18H27Cl2N3O4. The van der Waals surface area contributed by atoms with Gasteiger partial charge in [-0.15, -0.1) is 24.8 Å².